The number of nitrogens with one attached hydrogen (secondary N) is 1. The SMILES string of the molecule is CCOc1ccccc1NC(=O)CCc1nnc(-c2ccccc2OC)o1. The molecule has 2 aromatic carbocycles. The second-order valence-electron chi connectivity index (χ2n) is 5.68. The van der Waals surface area contributed by atoms with E-state index in [2.05, 4.69) is 15.5 Å². The Hall–Kier alpha value is -3.35. The van der Waals surface area contributed by atoms with E-state index in [0.717, 1.165) is 0 Å². The van der Waals surface area contributed by atoms with Crippen LogP contribution >= 0.6 is 0 Å². The maximum absolute atomic E-state index is 12.2. The lowest BCUT2D eigenvalue weighted by Gasteiger charge is -2.10. The number of aromatic nitrogens is 2. The van der Waals surface area contributed by atoms with Crippen molar-refractivity contribution in [3.05, 3.63) is 54.4 Å². The Morgan fingerprint density at radius 1 is 1.07 bits per heavy atom. The molecule has 3 rings (SSSR count). The van der Waals surface area contributed by atoms with Gasteiger partial charge in [-0.2, -0.15) is 0 Å². The molecule has 0 bridgehead atoms. The van der Waals surface area contributed by atoms with Crippen LogP contribution in [-0.4, -0.2) is 29.8 Å². The fourth-order valence-electron chi connectivity index (χ4n) is 2.57. The van der Waals surface area contributed by atoms with Crippen molar-refractivity contribution in [2.45, 2.75) is 19.8 Å². The predicted molar refractivity (Wildman–Crippen MR) is 101 cm³/mol. The monoisotopic (exact) mass is 367 g/mol. The highest BCUT2D eigenvalue weighted by Gasteiger charge is 2.14. The molecule has 0 unspecified atom stereocenters. The number of hydrogen-bond donors (Lipinski definition) is 1. The largest absolute Gasteiger partial charge is 0.496 e. The van der Waals surface area contributed by atoms with Crippen molar-refractivity contribution in [1.82, 2.24) is 10.2 Å². The summed E-state index contributed by atoms with van der Waals surface area (Å²) in [6, 6.07) is 14.7. The van der Waals surface area contributed by atoms with E-state index in [0.29, 0.717) is 47.6 Å². The maximum Gasteiger partial charge on any atom is 0.251 e. The highest BCUT2D eigenvalue weighted by Crippen LogP contribution is 2.28. The minimum absolute atomic E-state index is 0.154. The number of carbonyl (C=O) groups excluding carboxylic acids is 1. The highest BCUT2D eigenvalue weighted by atomic mass is 16.5. The molecule has 7 nitrogen and oxygen atoms in total. The van der Waals surface area contributed by atoms with E-state index in [1.807, 2.05) is 49.4 Å². The van der Waals surface area contributed by atoms with Crippen molar-refractivity contribution in [2.24, 2.45) is 0 Å². The van der Waals surface area contributed by atoms with Gasteiger partial charge in [-0.05, 0) is 31.2 Å². The van der Waals surface area contributed by atoms with Crippen LogP contribution in [0.5, 0.6) is 11.5 Å². The molecule has 1 N–H and O–H groups in total. The smallest absolute Gasteiger partial charge is 0.251 e. The number of anilines is 1. The first kappa shape index (κ1) is 18.4. The van der Waals surface area contributed by atoms with Gasteiger partial charge in [-0.1, -0.05) is 24.3 Å². The van der Waals surface area contributed by atoms with Crippen molar-refractivity contribution in [3.63, 3.8) is 0 Å². The Morgan fingerprint density at radius 3 is 2.59 bits per heavy atom. The molecule has 0 spiro atoms. The fraction of sp³-hybridized carbons (Fsp3) is 0.250. The van der Waals surface area contributed by atoms with Gasteiger partial charge >= 0.3 is 0 Å². The van der Waals surface area contributed by atoms with E-state index in [9.17, 15) is 4.79 Å². The van der Waals surface area contributed by atoms with Crippen molar-refractivity contribution in [3.8, 4) is 23.0 Å². The normalized spacial score (nSPS) is 10.4. The summed E-state index contributed by atoms with van der Waals surface area (Å²) in [6.07, 6.45) is 0.554. The van der Waals surface area contributed by atoms with Gasteiger partial charge in [0.25, 0.3) is 5.89 Å². The third-order valence-corrected chi connectivity index (χ3v) is 3.83. The molecule has 7 heteroatoms. The number of ether oxygens (including phenoxy) is 2. The molecule has 0 saturated carbocycles. The van der Waals surface area contributed by atoms with Crippen LogP contribution in [0.4, 0.5) is 5.69 Å². The minimum Gasteiger partial charge on any atom is -0.496 e. The van der Waals surface area contributed by atoms with Gasteiger partial charge in [0.05, 0.1) is 25.0 Å². The molecule has 1 heterocycles. The van der Waals surface area contributed by atoms with Gasteiger partial charge < -0.3 is 19.2 Å². The average Bonchev–Trinajstić information content (AvgIpc) is 3.17. The number of hydrogen-bond acceptors (Lipinski definition) is 6. The van der Waals surface area contributed by atoms with Crippen LogP contribution in [-0.2, 0) is 11.2 Å². The topological polar surface area (TPSA) is 86.5 Å². The molecule has 0 radical (unpaired) electrons. The van der Waals surface area contributed by atoms with Gasteiger partial charge in [-0.25, -0.2) is 0 Å². The van der Waals surface area contributed by atoms with Gasteiger partial charge in [0.2, 0.25) is 11.8 Å². The maximum atomic E-state index is 12.2. The summed E-state index contributed by atoms with van der Waals surface area (Å²) >= 11 is 0. The summed E-state index contributed by atoms with van der Waals surface area (Å²) in [4.78, 5) is 12.2. The van der Waals surface area contributed by atoms with E-state index >= 15 is 0 Å². The Labute approximate surface area is 157 Å². The Bertz CT molecular complexity index is 908. The van der Waals surface area contributed by atoms with Crippen molar-refractivity contribution in [1.29, 1.82) is 0 Å². The number of amides is 1. The molecule has 0 aliphatic heterocycles. The van der Waals surface area contributed by atoms with E-state index < -0.39 is 0 Å². The van der Waals surface area contributed by atoms with Crippen LogP contribution in [0.2, 0.25) is 0 Å². The van der Waals surface area contributed by atoms with Crippen molar-refractivity contribution in [2.75, 3.05) is 19.0 Å². The van der Waals surface area contributed by atoms with E-state index in [-0.39, 0.29) is 12.3 Å². The first-order valence-electron chi connectivity index (χ1n) is 8.68. The van der Waals surface area contributed by atoms with Gasteiger partial charge in [0.1, 0.15) is 11.5 Å². The Balaban J connectivity index is 1.61. The molecular formula is C20H21N3O4. The van der Waals surface area contributed by atoms with Gasteiger partial charge in [-0.3, -0.25) is 4.79 Å². The number of rotatable bonds is 8. The van der Waals surface area contributed by atoms with Gasteiger partial charge in [0, 0.05) is 12.8 Å². The van der Waals surface area contributed by atoms with E-state index in [4.69, 9.17) is 13.9 Å². The minimum atomic E-state index is -0.154. The summed E-state index contributed by atoms with van der Waals surface area (Å²) < 4.78 is 16.5. The van der Waals surface area contributed by atoms with Crippen LogP contribution in [0, 0.1) is 0 Å². The molecular weight excluding hydrogens is 346 g/mol. The number of methoxy groups -OCH3 is 1. The molecule has 0 aliphatic rings. The zero-order chi connectivity index (χ0) is 19.1. The second kappa shape index (κ2) is 8.84. The summed E-state index contributed by atoms with van der Waals surface area (Å²) in [6.45, 7) is 2.42. The Kier molecular flexibility index (Phi) is 6.04. The third kappa shape index (κ3) is 4.63. The van der Waals surface area contributed by atoms with Crippen LogP contribution in [0.3, 0.4) is 0 Å². The number of carbonyl (C=O) groups is 1. The van der Waals surface area contributed by atoms with Crippen LogP contribution < -0.4 is 14.8 Å². The second-order valence-corrected chi connectivity index (χ2v) is 5.68. The van der Waals surface area contributed by atoms with Crippen LogP contribution in [0.1, 0.15) is 19.2 Å². The lowest BCUT2D eigenvalue weighted by molar-refractivity contribution is -0.116. The van der Waals surface area contributed by atoms with Gasteiger partial charge in [0.15, 0.2) is 0 Å². The fourth-order valence-corrected chi connectivity index (χ4v) is 2.57. The molecule has 3 aromatic rings. The number of nitrogens with zero attached hydrogens (tertiary/aromatic N) is 2. The average molecular weight is 367 g/mol. The van der Waals surface area contributed by atoms with E-state index in [1.165, 1.54) is 0 Å². The quantitative estimate of drug-likeness (QED) is 0.653. The van der Waals surface area contributed by atoms with Crippen molar-refractivity contribution < 1.29 is 18.7 Å². The van der Waals surface area contributed by atoms with Crippen molar-refractivity contribution >= 4 is 11.6 Å². The molecule has 0 atom stereocenters. The molecule has 1 aromatic heterocycles. The zero-order valence-corrected chi connectivity index (χ0v) is 15.3. The number of benzene rings is 2. The summed E-state index contributed by atoms with van der Waals surface area (Å²) in [7, 11) is 1.58. The van der Waals surface area contributed by atoms with E-state index in [1.54, 1.807) is 13.2 Å². The lowest BCUT2D eigenvalue weighted by Crippen LogP contribution is -2.13. The van der Waals surface area contributed by atoms with Gasteiger partial charge in [-0.15, -0.1) is 10.2 Å². The molecule has 1 amide bonds. The molecule has 140 valence electrons. The number of aryl methyl sites for hydroxylation is 1. The first-order valence-corrected chi connectivity index (χ1v) is 8.68. The summed E-state index contributed by atoms with van der Waals surface area (Å²) in [5, 5.41) is 10.9. The Morgan fingerprint density at radius 2 is 1.81 bits per heavy atom. The lowest BCUT2D eigenvalue weighted by atomic mass is 10.2. The van der Waals surface area contributed by atoms with Crippen LogP contribution in [0.15, 0.2) is 52.9 Å². The zero-order valence-electron chi connectivity index (χ0n) is 15.3. The number of para-hydroxylation sites is 3. The highest BCUT2D eigenvalue weighted by molar-refractivity contribution is 5.92. The summed E-state index contributed by atoms with van der Waals surface area (Å²) in [5.74, 6) is 1.90. The standard InChI is InChI=1S/C20H21N3O4/c1-3-26-17-11-7-5-9-15(17)21-18(24)12-13-19-22-23-20(27-19)14-8-4-6-10-16(14)25-2/h4-11H,3,12-13H2,1-2H3,(H,21,24). The predicted octanol–water partition coefficient (Wildman–Crippen LogP) is 3.72. The molecule has 0 aliphatic carbocycles. The summed E-state index contributed by atoms with van der Waals surface area (Å²) in [5.41, 5.74) is 1.36. The molecule has 27 heavy (non-hydrogen) atoms. The third-order valence-electron chi connectivity index (χ3n) is 3.83. The first-order chi connectivity index (χ1) is 13.2. The molecule has 0 saturated heterocycles. The molecule has 0 fully saturated rings. The van der Waals surface area contributed by atoms with Crippen LogP contribution in [0.25, 0.3) is 11.5 Å².